The standard InChI is InChI=1S/C14H15N3O4/c18-12(6-15-7-13(19)17-8-14(20)21)10-5-16-11-4-2-1-3-9(10)11/h1-5,15-16H,6-8H2,(H,17,19)(H,20,21). The van der Waals surface area contributed by atoms with Crippen molar-refractivity contribution in [3.63, 3.8) is 0 Å². The maximum Gasteiger partial charge on any atom is 0.322 e. The van der Waals surface area contributed by atoms with Gasteiger partial charge in [0.15, 0.2) is 5.78 Å². The number of aliphatic carboxylic acids is 1. The fourth-order valence-corrected chi connectivity index (χ4v) is 1.92. The molecular formula is C14H15N3O4. The molecule has 0 aliphatic rings. The van der Waals surface area contributed by atoms with Crippen LogP contribution in [0.4, 0.5) is 0 Å². The largest absolute Gasteiger partial charge is 0.480 e. The van der Waals surface area contributed by atoms with Gasteiger partial charge in [0.1, 0.15) is 6.54 Å². The van der Waals surface area contributed by atoms with Gasteiger partial charge in [0.05, 0.1) is 13.1 Å². The Balaban J connectivity index is 1.85. The molecule has 110 valence electrons. The van der Waals surface area contributed by atoms with E-state index in [9.17, 15) is 14.4 Å². The van der Waals surface area contributed by atoms with Gasteiger partial charge in [-0.1, -0.05) is 18.2 Å². The normalized spacial score (nSPS) is 10.5. The van der Waals surface area contributed by atoms with Crippen LogP contribution in [0.5, 0.6) is 0 Å². The molecule has 0 fully saturated rings. The van der Waals surface area contributed by atoms with Crippen LogP contribution in [0.15, 0.2) is 30.5 Å². The number of carboxylic acid groups (broad SMARTS) is 1. The van der Waals surface area contributed by atoms with E-state index in [1.807, 2.05) is 24.3 Å². The van der Waals surface area contributed by atoms with Crippen LogP contribution in [-0.4, -0.2) is 47.4 Å². The van der Waals surface area contributed by atoms with E-state index in [0.717, 1.165) is 10.9 Å². The first-order chi connectivity index (χ1) is 10.1. The van der Waals surface area contributed by atoms with Gasteiger partial charge in [0.2, 0.25) is 5.91 Å². The number of aromatic nitrogens is 1. The summed E-state index contributed by atoms with van der Waals surface area (Å²) in [5, 5.41) is 14.1. The van der Waals surface area contributed by atoms with Crippen LogP contribution in [0.1, 0.15) is 10.4 Å². The van der Waals surface area contributed by atoms with Crippen molar-refractivity contribution in [2.24, 2.45) is 0 Å². The molecule has 0 aliphatic carbocycles. The molecule has 1 aromatic heterocycles. The van der Waals surface area contributed by atoms with Gasteiger partial charge in [0, 0.05) is 22.7 Å². The van der Waals surface area contributed by atoms with Crippen molar-refractivity contribution < 1.29 is 19.5 Å². The number of carbonyl (C=O) groups is 3. The Morgan fingerprint density at radius 2 is 1.86 bits per heavy atom. The molecule has 2 aromatic rings. The van der Waals surface area contributed by atoms with Crippen molar-refractivity contribution >= 4 is 28.6 Å². The Morgan fingerprint density at radius 1 is 1.10 bits per heavy atom. The first-order valence-corrected chi connectivity index (χ1v) is 6.36. The number of aromatic amines is 1. The zero-order valence-corrected chi connectivity index (χ0v) is 11.2. The topological polar surface area (TPSA) is 111 Å². The minimum atomic E-state index is -1.11. The van der Waals surface area contributed by atoms with Gasteiger partial charge in [-0.2, -0.15) is 0 Å². The van der Waals surface area contributed by atoms with Crippen LogP contribution in [-0.2, 0) is 9.59 Å². The van der Waals surface area contributed by atoms with E-state index in [1.165, 1.54) is 0 Å². The maximum absolute atomic E-state index is 12.1. The fourth-order valence-electron chi connectivity index (χ4n) is 1.92. The highest BCUT2D eigenvalue weighted by atomic mass is 16.4. The number of benzene rings is 1. The number of Topliss-reactive ketones (excluding diaryl/α,β-unsaturated/α-hetero) is 1. The molecule has 0 atom stereocenters. The highest BCUT2D eigenvalue weighted by Crippen LogP contribution is 2.17. The number of para-hydroxylation sites is 1. The van der Waals surface area contributed by atoms with E-state index in [4.69, 9.17) is 5.11 Å². The molecule has 1 amide bonds. The lowest BCUT2D eigenvalue weighted by Gasteiger charge is -2.04. The minimum Gasteiger partial charge on any atom is -0.480 e. The second kappa shape index (κ2) is 6.67. The van der Waals surface area contributed by atoms with Gasteiger partial charge in [-0.3, -0.25) is 14.4 Å². The number of nitrogens with one attached hydrogen (secondary N) is 3. The summed E-state index contributed by atoms with van der Waals surface area (Å²) in [6.45, 7) is -0.541. The predicted octanol–water partition coefficient (Wildman–Crippen LogP) is 0.141. The van der Waals surface area contributed by atoms with Gasteiger partial charge in [-0.05, 0) is 6.07 Å². The first kappa shape index (κ1) is 14.7. The zero-order valence-electron chi connectivity index (χ0n) is 11.2. The van der Waals surface area contributed by atoms with Gasteiger partial charge in [-0.15, -0.1) is 0 Å². The highest BCUT2D eigenvalue weighted by Gasteiger charge is 2.12. The Morgan fingerprint density at radius 3 is 2.62 bits per heavy atom. The third-order valence-corrected chi connectivity index (χ3v) is 2.90. The summed E-state index contributed by atoms with van der Waals surface area (Å²) in [6.07, 6.45) is 1.64. The predicted molar refractivity (Wildman–Crippen MR) is 76.1 cm³/mol. The van der Waals surface area contributed by atoms with Crippen LogP contribution < -0.4 is 10.6 Å². The van der Waals surface area contributed by atoms with Crippen LogP contribution in [0.3, 0.4) is 0 Å². The number of hydrogen-bond donors (Lipinski definition) is 4. The molecule has 4 N–H and O–H groups in total. The Hall–Kier alpha value is -2.67. The summed E-state index contributed by atoms with van der Waals surface area (Å²) in [5.41, 5.74) is 1.43. The number of H-pyrrole nitrogens is 1. The molecule has 2 rings (SSSR count). The van der Waals surface area contributed by atoms with Crippen LogP contribution in [0, 0.1) is 0 Å². The maximum atomic E-state index is 12.1. The van der Waals surface area contributed by atoms with E-state index in [0.29, 0.717) is 5.56 Å². The molecule has 0 aliphatic heterocycles. The smallest absolute Gasteiger partial charge is 0.322 e. The summed E-state index contributed by atoms with van der Waals surface area (Å²) >= 11 is 0. The molecule has 0 spiro atoms. The summed E-state index contributed by atoms with van der Waals surface area (Å²) in [7, 11) is 0. The molecule has 0 radical (unpaired) electrons. The average molecular weight is 289 g/mol. The summed E-state index contributed by atoms with van der Waals surface area (Å²) in [6, 6.07) is 7.44. The second-order valence-electron chi connectivity index (χ2n) is 4.45. The van der Waals surface area contributed by atoms with Crippen molar-refractivity contribution in [1.82, 2.24) is 15.6 Å². The fraction of sp³-hybridized carbons (Fsp3) is 0.214. The molecule has 0 bridgehead atoms. The van der Waals surface area contributed by atoms with Crippen molar-refractivity contribution in [1.29, 1.82) is 0 Å². The molecular weight excluding hydrogens is 274 g/mol. The van der Waals surface area contributed by atoms with Crippen LogP contribution in [0.25, 0.3) is 10.9 Å². The third-order valence-electron chi connectivity index (χ3n) is 2.90. The molecule has 1 aromatic carbocycles. The molecule has 0 saturated heterocycles. The van der Waals surface area contributed by atoms with E-state index < -0.39 is 18.4 Å². The number of rotatable bonds is 7. The molecule has 21 heavy (non-hydrogen) atoms. The van der Waals surface area contributed by atoms with E-state index in [2.05, 4.69) is 15.6 Å². The van der Waals surface area contributed by atoms with Crippen molar-refractivity contribution in [2.45, 2.75) is 0 Å². The Bertz CT molecular complexity index is 678. The molecule has 0 saturated carbocycles. The molecule has 7 nitrogen and oxygen atoms in total. The number of amides is 1. The lowest BCUT2D eigenvalue weighted by atomic mass is 10.1. The van der Waals surface area contributed by atoms with Crippen LogP contribution >= 0.6 is 0 Å². The van der Waals surface area contributed by atoms with Gasteiger partial charge >= 0.3 is 5.97 Å². The van der Waals surface area contributed by atoms with Gasteiger partial charge < -0.3 is 20.7 Å². The lowest BCUT2D eigenvalue weighted by molar-refractivity contribution is -0.137. The van der Waals surface area contributed by atoms with Crippen molar-refractivity contribution in [3.8, 4) is 0 Å². The molecule has 7 heteroatoms. The number of ketones is 1. The number of fused-ring (bicyclic) bond motifs is 1. The molecule has 0 unspecified atom stereocenters. The van der Waals surface area contributed by atoms with Crippen molar-refractivity contribution in [2.75, 3.05) is 19.6 Å². The van der Waals surface area contributed by atoms with E-state index >= 15 is 0 Å². The van der Waals surface area contributed by atoms with Gasteiger partial charge in [0.25, 0.3) is 0 Å². The average Bonchev–Trinajstić information content (AvgIpc) is 2.89. The number of carboxylic acids is 1. The van der Waals surface area contributed by atoms with Crippen molar-refractivity contribution in [3.05, 3.63) is 36.0 Å². The lowest BCUT2D eigenvalue weighted by Crippen LogP contribution is -2.38. The Labute approximate surface area is 120 Å². The summed E-state index contributed by atoms with van der Waals surface area (Å²) in [4.78, 5) is 36.6. The second-order valence-corrected chi connectivity index (χ2v) is 4.45. The van der Waals surface area contributed by atoms with E-state index in [1.54, 1.807) is 6.20 Å². The van der Waals surface area contributed by atoms with E-state index in [-0.39, 0.29) is 18.9 Å². The summed E-state index contributed by atoms with van der Waals surface area (Å²) in [5.74, 6) is -1.72. The zero-order chi connectivity index (χ0) is 15.2. The van der Waals surface area contributed by atoms with Crippen LogP contribution in [0.2, 0.25) is 0 Å². The summed E-state index contributed by atoms with van der Waals surface area (Å²) < 4.78 is 0. The quantitative estimate of drug-likeness (QED) is 0.542. The van der Waals surface area contributed by atoms with Gasteiger partial charge in [-0.25, -0.2) is 0 Å². The number of hydrogen-bond acceptors (Lipinski definition) is 4. The third kappa shape index (κ3) is 3.90. The minimum absolute atomic E-state index is 0.00232. The monoisotopic (exact) mass is 289 g/mol. The Kier molecular flexibility index (Phi) is 4.68. The molecule has 1 heterocycles. The number of carbonyl (C=O) groups excluding carboxylic acids is 2. The first-order valence-electron chi connectivity index (χ1n) is 6.36. The highest BCUT2D eigenvalue weighted by molar-refractivity contribution is 6.08. The SMILES string of the molecule is O=C(O)CNC(=O)CNCC(=O)c1c[nH]c2ccccc12.